The van der Waals surface area contributed by atoms with E-state index in [4.69, 9.17) is 0 Å². The first-order valence-electron chi connectivity index (χ1n) is 10.1. The van der Waals surface area contributed by atoms with Crippen LogP contribution < -0.4 is 5.56 Å². The van der Waals surface area contributed by atoms with Crippen LogP contribution in [0.4, 0.5) is 5.69 Å². The Morgan fingerprint density at radius 2 is 2.07 bits per heavy atom. The smallest absolute Gasteiger partial charge is 0.275 e. The first kappa shape index (κ1) is 20.8. The number of nitrogens with zero attached hydrogens (tertiary/aromatic N) is 2. The van der Waals surface area contributed by atoms with Gasteiger partial charge in [-0.3, -0.25) is 19.6 Å². The number of nitrogens with one attached hydrogen (secondary N) is 1. The van der Waals surface area contributed by atoms with Crippen LogP contribution >= 0.6 is 0 Å². The highest BCUT2D eigenvalue weighted by atomic mass is 16.1. The van der Waals surface area contributed by atoms with Gasteiger partial charge in [0.25, 0.3) is 5.56 Å². The van der Waals surface area contributed by atoms with Crippen LogP contribution in [0.2, 0.25) is 0 Å². The van der Waals surface area contributed by atoms with Crippen molar-refractivity contribution in [2.45, 2.75) is 59.4 Å². The Labute approximate surface area is 171 Å². The molecule has 1 aliphatic carbocycles. The van der Waals surface area contributed by atoms with Crippen molar-refractivity contribution in [1.29, 1.82) is 0 Å². The number of H-pyrrole nitrogens is 1. The van der Waals surface area contributed by atoms with Crippen LogP contribution in [0.25, 0.3) is 0 Å². The standard InChI is InChI=1S/C24H29N3O2/c1-16-10-11-21(13-17(16)2)20-8-5-9-22(14-20)25-15-23-19(4)26-27(24(23)29)12-6-7-18(3)28/h5,8-10,13-15,21,26H,6-7,11-12H2,1-4H3. The second-order valence-electron chi connectivity index (χ2n) is 7.85. The van der Waals surface area contributed by atoms with Crippen LogP contribution in [0, 0.1) is 6.92 Å². The van der Waals surface area contributed by atoms with Crippen molar-refractivity contribution in [3.8, 4) is 0 Å². The van der Waals surface area contributed by atoms with Gasteiger partial charge in [0.2, 0.25) is 0 Å². The molecule has 1 heterocycles. The Bertz CT molecular complexity index is 1050. The number of carbonyl (C=O) groups excluding carboxylic acids is 1. The van der Waals surface area contributed by atoms with Crippen molar-refractivity contribution in [1.82, 2.24) is 9.78 Å². The van der Waals surface area contributed by atoms with Crippen LogP contribution in [0.15, 0.2) is 57.4 Å². The lowest BCUT2D eigenvalue weighted by Crippen LogP contribution is -2.19. The third-order valence-corrected chi connectivity index (χ3v) is 5.49. The van der Waals surface area contributed by atoms with Gasteiger partial charge < -0.3 is 4.79 Å². The fraction of sp³-hybridized carbons (Fsp3) is 0.375. The quantitative estimate of drug-likeness (QED) is 0.676. The summed E-state index contributed by atoms with van der Waals surface area (Å²) in [7, 11) is 0. The molecule has 5 heteroatoms. The van der Waals surface area contributed by atoms with Crippen molar-refractivity contribution in [3.05, 3.63) is 74.7 Å². The summed E-state index contributed by atoms with van der Waals surface area (Å²) >= 11 is 0. The third kappa shape index (κ3) is 5.11. The first-order valence-corrected chi connectivity index (χ1v) is 10.1. The van der Waals surface area contributed by atoms with Crippen molar-refractivity contribution >= 4 is 17.7 Å². The molecule has 1 aromatic heterocycles. The summed E-state index contributed by atoms with van der Waals surface area (Å²) in [5.41, 5.74) is 5.98. The fourth-order valence-electron chi connectivity index (χ4n) is 3.59. The van der Waals surface area contributed by atoms with E-state index in [1.54, 1.807) is 17.8 Å². The molecule has 5 nitrogen and oxygen atoms in total. The molecule has 1 aromatic carbocycles. The summed E-state index contributed by atoms with van der Waals surface area (Å²) in [5, 5.41) is 3.08. The zero-order valence-corrected chi connectivity index (χ0v) is 17.7. The maximum Gasteiger partial charge on any atom is 0.275 e. The molecule has 0 spiro atoms. The van der Waals surface area contributed by atoms with E-state index in [9.17, 15) is 9.59 Å². The number of aromatic amines is 1. The topological polar surface area (TPSA) is 67.2 Å². The monoisotopic (exact) mass is 391 g/mol. The van der Waals surface area contributed by atoms with Gasteiger partial charge >= 0.3 is 0 Å². The van der Waals surface area contributed by atoms with E-state index < -0.39 is 0 Å². The average molecular weight is 392 g/mol. The second-order valence-corrected chi connectivity index (χ2v) is 7.85. The van der Waals surface area contributed by atoms with Gasteiger partial charge in [-0.15, -0.1) is 0 Å². The number of aryl methyl sites for hydroxylation is 2. The van der Waals surface area contributed by atoms with Gasteiger partial charge in [0.05, 0.1) is 11.3 Å². The molecule has 1 unspecified atom stereocenters. The summed E-state index contributed by atoms with van der Waals surface area (Å²) in [4.78, 5) is 28.3. The van der Waals surface area contributed by atoms with Crippen molar-refractivity contribution in [2.24, 2.45) is 4.99 Å². The molecule has 1 atom stereocenters. The van der Waals surface area contributed by atoms with E-state index in [0.29, 0.717) is 30.9 Å². The van der Waals surface area contributed by atoms with Crippen LogP contribution in [0.5, 0.6) is 0 Å². The molecule has 1 aliphatic rings. The third-order valence-electron chi connectivity index (χ3n) is 5.49. The van der Waals surface area contributed by atoms with Gasteiger partial charge in [-0.2, -0.15) is 0 Å². The normalized spacial score (nSPS) is 16.8. The predicted molar refractivity (Wildman–Crippen MR) is 118 cm³/mol. The van der Waals surface area contributed by atoms with Gasteiger partial charge in [-0.25, -0.2) is 0 Å². The Morgan fingerprint density at radius 3 is 2.79 bits per heavy atom. The molecular weight excluding hydrogens is 362 g/mol. The minimum absolute atomic E-state index is 0.0996. The lowest BCUT2D eigenvalue weighted by atomic mass is 9.87. The molecule has 0 amide bonds. The van der Waals surface area contributed by atoms with E-state index >= 15 is 0 Å². The second kappa shape index (κ2) is 9.03. The SMILES string of the molecule is CC(=O)CCCn1[nH]c(C)c(C=Nc2cccc(C3C=C(C)C(C)=CC3)c2)c1=O. The fourth-order valence-corrected chi connectivity index (χ4v) is 3.59. The number of rotatable bonds is 7. The van der Waals surface area contributed by atoms with Crippen LogP contribution in [-0.2, 0) is 11.3 Å². The zero-order valence-electron chi connectivity index (χ0n) is 17.7. The van der Waals surface area contributed by atoms with Crippen LogP contribution in [0.3, 0.4) is 0 Å². The predicted octanol–water partition coefficient (Wildman–Crippen LogP) is 4.98. The van der Waals surface area contributed by atoms with Crippen molar-refractivity contribution in [3.63, 3.8) is 0 Å². The first-order chi connectivity index (χ1) is 13.8. The molecule has 2 aromatic rings. The number of aromatic nitrogens is 2. The summed E-state index contributed by atoms with van der Waals surface area (Å²) in [6.45, 7) is 8.23. The number of benzene rings is 1. The van der Waals surface area contributed by atoms with E-state index in [1.807, 2.05) is 19.1 Å². The Kier molecular flexibility index (Phi) is 6.47. The minimum Gasteiger partial charge on any atom is -0.300 e. The lowest BCUT2D eigenvalue weighted by molar-refractivity contribution is -0.117. The van der Waals surface area contributed by atoms with Gasteiger partial charge in [0.1, 0.15) is 5.78 Å². The lowest BCUT2D eigenvalue weighted by Gasteiger charge is -2.18. The molecule has 3 rings (SSSR count). The van der Waals surface area contributed by atoms with Gasteiger partial charge in [0, 0.05) is 30.8 Å². The van der Waals surface area contributed by atoms with Crippen LogP contribution in [-0.4, -0.2) is 21.8 Å². The van der Waals surface area contributed by atoms with Crippen LogP contribution in [0.1, 0.15) is 62.8 Å². The largest absolute Gasteiger partial charge is 0.300 e. The molecule has 0 radical (unpaired) electrons. The Morgan fingerprint density at radius 1 is 1.28 bits per heavy atom. The number of hydrogen-bond donors (Lipinski definition) is 1. The highest BCUT2D eigenvalue weighted by molar-refractivity contribution is 5.82. The van der Waals surface area contributed by atoms with E-state index in [-0.39, 0.29) is 11.3 Å². The number of hydrogen-bond acceptors (Lipinski definition) is 3. The molecule has 0 aliphatic heterocycles. The molecule has 0 bridgehead atoms. The molecule has 0 saturated carbocycles. The Hall–Kier alpha value is -2.95. The maximum atomic E-state index is 12.6. The summed E-state index contributed by atoms with van der Waals surface area (Å²) < 4.78 is 1.56. The number of ketones is 1. The molecule has 152 valence electrons. The number of carbonyl (C=O) groups is 1. The van der Waals surface area contributed by atoms with Gasteiger partial charge in [-0.05, 0) is 58.2 Å². The summed E-state index contributed by atoms with van der Waals surface area (Å²) in [6.07, 6.45) is 8.36. The summed E-state index contributed by atoms with van der Waals surface area (Å²) in [5.74, 6) is 0.498. The van der Waals surface area contributed by atoms with E-state index in [2.05, 4.69) is 48.2 Å². The zero-order chi connectivity index (χ0) is 21.0. The highest BCUT2D eigenvalue weighted by Gasteiger charge is 2.13. The molecular formula is C24H29N3O2. The summed E-state index contributed by atoms with van der Waals surface area (Å²) in [6, 6.07) is 8.19. The van der Waals surface area contributed by atoms with Gasteiger partial charge in [-0.1, -0.05) is 35.4 Å². The highest BCUT2D eigenvalue weighted by Crippen LogP contribution is 2.31. The molecule has 29 heavy (non-hydrogen) atoms. The number of aliphatic imine (C=N–C) groups is 1. The van der Waals surface area contributed by atoms with Gasteiger partial charge in [0.15, 0.2) is 0 Å². The maximum absolute atomic E-state index is 12.6. The number of Topliss-reactive ketones (excluding diaryl/α,β-unsaturated/α-hetero) is 1. The molecule has 0 fully saturated rings. The van der Waals surface area contributed by atoms with Crippen molar-refractivity contribution < 1.29 is 4.79 Å². The van der Waals surface area contributed by atoms with E-state index in [1.165, 1.54) is 16.7 Å². The molecule has 0 saturated heterocycles. The minimum atomic E-state index is -0.0996. The average Bonchev–Trinajstić information content (AvgIpc) is 2.95. The van der Waals surface area contributed by atoms with E-state index in [0.717, 1.165) is 17.8 Å². The molecule has 1 N–H and O–H groups in total. The number of allylic oxidation sites excluding steroid dienone is 4. The van der Waals surface area contributed by atoms with Crippen molar-refractivity contribution in [2.75, 3.05) is 0 Å². The Balaban J connectivity index is 1.76.